The number of nitrogens with two attached hydrogens (primary N) is 1. The highest BCUT2D eigenvalue weighted by molar-refractivity contribution is 5.88. The number of phenols is 1. The molecule has 4 nitrogen and oxygen atoms in total. The lowest BCUT2D eigenvalue weighted by molar-refractivity contribution is 0.411. The minimum absolute atomic E-state index is 0.104. The lowest BCUT2D eigenvalue weighted by Crippen LogP contribution is -1.98. The Morgan fingerprint density at radius 2 is 2.36 bits per heavy atom. The van der Waals surface area contributed by atoms with Crippen molar-refractivity contribution in [1.29, 1.82) is 0 Å². The molecule has 14 heavy (non-hydrogen) atoms. The summed E-state index contributed by atoms with van der Waals surface area (Å²) in [6.07, 6.45) is 1.55. The molecule has 2 rings (SSSR count). The molecule has 0 aliphatic heterocycles. The SMILES string of the molecule is COc1cc(O)c(CN)c2occc12. The summed E-state index contributed by atoms with van der Waals surface area (Å²) in [4.78, 5) is 0. The molecule has 3 N–H and O–H groups in total. The minimum atomic E-state index is 0.104. The number of aromatic hydroxyl groups is 1. The van der Waals surface area contributed by atoms with E-state index >= 15 is 0 Å². The number of hydrogen-bond acceptors (Lipinski definition) is 4. The zero-order valence-electron chi connectivity index (χ0n) is 7.78. The maximum atomic E-state index is 9.62. The van der Waals surface area contributed by atoms with Gasteiger partial charge >= 0.3 is 0 Å². The van der Waals surface area contributed by atoms with Gasteiger partial charge in [-0.2, -0.15) is 0 Å². The van der Waals surface area contributed by atoms with E-state index in [9.17, 15) is 5.11 Å². The van der Waals surface area contributed by atoms with Crippen LogP contribution in [0.4, 0.5) is 0 Å². The zero-order chi connectivity index (χ0) is 10.1. The number of ether oxygens (including phenoxy) is 1. The van der Waals surface area contributed by atoms with Crippen LogP contribution in [0.15, 0.2) is 22.8 Å². The second kappa shape index (κ2) is 3.23. The van der Waals surface area contributed by atoms with Gasteiger partial charge in [0.25, 0.3) is 0 Å². The second-order valence-corrected chi connectivity index (χ2v) is 2.94. The Morgan fingerprint density at radius 1 is 1.57 bits per heavy atom. The van der Waals surface area contributed by atoms with Crippen LogP contribution in [0.1, 0.15) is 5.56 Å². The normalized spacial score (nSPS) is 10.7. The van der Waals surface area contributed by atoms with E-state index in [1.54, 1.807) is 25.5 Å². The van der Waals surface area contributed by atoms with E-state index in [1.165, 1.54) is 0 Å². The molecule has 0 unspecified atom stereocenters. The number of phenolic OH excluding ortho intramolecular Hbond substituents is 1. The summed E-state index contributed by atoms with van der Waals surface area (Å²) in [5.74, 6) is 0.690. The molecule has 1 aromatic carbocycles. The van der Waals surface area contributed by atoms with Crippen molar-refractivity contribution in [3.63, 3.8) is 0 Å². The van der Waals surface area contributed by atoms with Gasteiger partial charge in [-0.3, -0.25) is 0 Å². The average molecular weight is 193 g/mol. The Kier molecular flexibility index (Phi) is 2.05. The van der Waals surface area contributed by atoms with Gasteiger partial charge in [0.15, 0.2) is 0 Å². The molecule has 0 aliphatic rings. The molecule has 0 aliphatic carbocycles. The van der Waals surface area contributed by atoms with Crippen LogP contribution in [0, 0.1) is 0 Å². The van der Waals surface area contributed by atoms with Crippen LogP contribution < -0.4 is 10.5 Å². The number of fused-ring (bicyclic) bond motifs is 1. The molecule has 2 aromatic rings. The first kappa shape index (κ1) is 8.90. The summed E-state index contributed by atoms with van der Waals surface area (Å²) >= 11 is 0. The van der Waals surface area contributed by atoms with Gasteiger partial charge in [0.1, 0.15) is 17.1 Å². The summed E-state index contributed by atoms with van der Waals surface area (Å²) < 4.78 is 10.3. The Morgan fingerprint density at radius 3 is 3.00 bits per heavy atom. The molecular formula is C10H11NO3. The van der Waals surface area contributed by atoms with Crippen LogP contribution in [0.25, 0.3) is 11.0 Å². The Balaban J connectivity index is 2.81. The van der Waals surface area contributed by atoms with Gasteiger partial charge in [-0.1, -0.05) is 0 Å². The Labute approximate surface area is 80.9 Å². The predicted octanol–water partition coefficient (Wildman–Crippen LogP) is 1.61. The molecule has 4 heteroatoms. The fraction of sp³-hybridized carbons (Fsp3) is 0.200. The van der Waals surface area contributed by atoms with Crippen LogP contribution in [0.2, 0.25) is 0 Å². The quantitative estimate of drug-likeness (QED) is 0.760. The monoisotopic (exact) mass is 193 g/mol. The lowest BCUT2D eigenvalue weighted by Gasteiger charge is -2.06. The van der Waals surface area contributed by atoms with Gasteiger partial charge in [0, 0.05) is 12.6 Å². The van der Waals surface area contributed by atoms with Gasteiger partial charge in [-0.15, -0.1) is 0 Å². The number of rotatable bonds is 2. The molecule has 0 atom stereocenters. The standard InChI is InChI=1S/C10H11NO3/c1-13-9-4-8(12)7(5-11)10-6(9)2-3-14-10/h2-4,12H,5,11H2,1H3. The predicted molar refractivity (Wildman–Crippen MR) is 52.3 cm³/mol. The van der Waals surface area contributed by atoms with E-state index < -0.39 is 0 Å². The molecule has 0 bridgehead atoms. The third-order valence-electron chi connectivity index (χ3n) is 2.21. The van der Waals surface area contributed by atoms with Crippen LogP contribution in [-0.2, 0) is 6.54 Å². The highest BCUT2D eigenvalue weighted by Crippen LogP contribution is 2.35. The van der Waals surface area contributed by atoms with E-state index in [-0.39, 0.29) is 12.3 Å². The second-order valence-electron chi connectivity index (χ2n) is 2.94. The van der Waals surface area contributed by atoms with E-state index in [2.05, 4.69) is 0 Å². The van der Waals surface area contributed by atoms with Crippen LogP contribution >= 0.6 is 0 Å². The summed E-state index contributed by atoms with van der Waals surface area (Å²) in [6, 6.07) is 3.33. The number of methoxy groups -OCH3 is 1. The van der Waals surface area contributed by atoms with Gasteiger partial charge < -0.3 is 20.0 Å². The van der Waals surface area contributed by atoms with Crippen LogP contribution in [-0.4, -0.2) is 12.2 Å². The maximum Gasteiger partial charge on any atom is 0.145 e. The van der Waals surface area contributed by atoms with Gasteiger partial charge in [-0.25, -0.2) is 0 Å². The molecule has 0 radical (unpaired) electrons. The summed E-state index contributed by atoms with van der Waals surface area (Å²) in [7, 11) is 1.54. The molecule has 0 fully saturated rings. The maximum absolute atomic E-state index is 9.62. The summed E-state index contributed by atoms with van der Waals surface area (Å²) in [5.41, 5.74) is 6.70. The average Bonchev–Trinajstić information content (AvgIpc) is 2.65. The van der Waals surface area contributed by atoms with Crippen LogP contribution in [0.5, 0.6) is 11.5 Å². The molecule has 74 valence electrons. The minimum Gasteiger partial charge on any atom is -0.507 e. The number of furan rings is 1. The number of benzene rings is 1. The largest absolute Gasteiger partial charge is 0.507 e. The van der Waals surface area contributed by atoms with Crippen molar-refractivity contribution in [3.8, 4) is 11.5 Å². The van der Waals surface area contributed by atoms with Crippen molar-refractivity contribution in [2.24, 2.45) is 5.73 Å². The van der Waals surface area contributed by atoms with Crippen molar-refractivity contribution in [2.45, 2.75) is 6.54 Å². The Bertz CT molecular complexity index is 462. The molecule has 0 saturated carbocycles. The van der Waals surface area contributed by atoms with Crippen molar-refractivity contribution < 1.29 is 14.3 Å². The first-order valence-electron chi connectivity index (χ1n) is 4.24. The first-order chi connectivity index (χ1) is 6.77. The topological polar surface area (TPSA) is 68.6 Å². The molecule has 1 aromatic heterocycles. The van der Waals surface area contributed by atoms with Crippen molar-refractivity contribution in [3.05, 3.63) is 24.0 Å². The third-order valence-corrected chi connectivity index (χ3v) is 2.21. The highest BCUT2D eigenvalue weighted by Gasteiger charge is 2.13. The van der Waals surface area contributed by atoms with E-state index in [1.807, 2.05) is 0 Å². The van der Waals surface area contributed by atoms with Crippen molar-refractivity contribution in [2.75, 3.05) is 7.11 Å². The first-order valence-corrected chi connectivity index (χ1v) is 4.24. The van der Waals surface area contributed by atoms with Crippen molar-refractivity contribution >= 4 is 11.0 Å². The summed E-state index contributed by atoms with van der Waals surface area (Å²) in [5, 5.41) is 10.4. The van der Waals surface area contributed by atoms with Gasteiger partial charge in [-0.05, 0) is 6.07 Å². The van der Waals surface area contributed by atoms with E-state index in [0.717, 1.165) is 5.39 Å². The Hall–Kier alpha value is -1.68. The van der Waals surface area contributed by atoms with E-state index in [0.29, 0.717) is 16.9 Å². The molecule has 1 heterocycles. The zero-order valence-corrected chi connectivity index (χ0v) is 7.78. The molecule has 0 saturated heterocycles. The number of hydrogen-bond donors (Lipinski definition) is 2. The molecule has 0 spiro atoms. The van der Waals surface area contributed by atoms with E-state index in [4.69, 9.17) is 14.9 Å². The lowest BCUT2D eigenvalue weighted by atomic mass is 10.1. The third kappa shape index (κ3) is 1.12. The van der Waals surface area contributed by atoms with Gasteiger partial charge in [0.2, 0.25) is 0 Å². The van der Waals surface area contributed by atoms with Crippen molar-refractivity contribution in [1.82, 2.24) is 0 Å². The fourth-order valence-electron chi connectivity index (χ4n) is 1.51. The van der Waals surface area contributed by atoms with Gasteiger partial charge in [0.05, 0.1) is 24.3 Å². The molecule has 0 amide bonds. The fourth-order valence-corrected chi connectivity index (χ4v) is 1.51. The molecular weight excluding hydrogens is 182 g/mol. The van der Waals surface area contributed by atoms with Crippen LogP contribution in [0.3, 0.4) is 0 Å². The summed E-state index contributed by atoms with van der Waals surface area (Å²) in [6.45, 7) is 0.236. The smallest absolute Gasteiger partial charge is 0.145 e. The highest BCUT2D eigenvalue weighted by atomic mass is 16.5.